The van der Waals surface area contributed by atoms with Crippen LogP contribution in [0.25, 0.3) is 0 Å². The summed E-state index contributed by atoms with van der Waals surface area (Å²) in [7, 11) is -10.7. The van der Waals surface area contributed by atoms with E-state index in [1.165, 1.54) is 51.4 Å². The molecule has 2 rings (SSSR count). The second-order valence-corrected chi connectivity index (χ2v) is 7.07. The first-order chi connectivity index (χ1) is 10.4. The predicted octanol–water partition coefficient (Wildman–Crippen LogP) is 8.73. The molecule has 0 N–H and O–H groups in total. The Balaban J connectivity index is 0. The molecule has 0 spiro atoms. The van der Waals surface area contributed by atoms with Crippen LogP contribution in [0.3, 0.4) is 0 Å². The second kappa shape index (κ2) is 11.3. The minimum Gasteiger partial charge on any atom is 1.00 e. The molecular weight excluding hydrogens is 445 g/mol. The summed E-state index contributed by atoms with van der Waals surface area (Å²) in [5, 5.41) is 0. The smallest absolute Gasteiger partial charge is 1.00 e. The van der Waals surface area contributed by atoms with E-state index in [0.29, 0.717) is 0 Å². The Morgan fingerprint density at radius 2 is 0.458 bits per heavy atom. The van der Waals surface area contributed by atoms with Gasteiger partial charge in [-0.25, -0.2) is 0 Å². The molecule has 24 heavy (non-hydrogen) atoms. The van der Waals surface area contributed by atoms with E-state index in [0.717, 1.165) is 0 Å². The number of rotatable bonds is 0. The van der Waals surface area contributed by atoms with Gasteiger partial charge in [0.05, 0.1) is 0 Å². The van der Waals surface area contributed by atoms with Gasteiger partial charge in [0.15, 0.2) is 0 Å². The molecule has 2 aliphatic carbocycles. The van der Waals surface area contributed by atoms with E-state index in [9.17, 15) is 25.2 Å². The zero-order valence-corrected chi connectivity index (χ0v) is 15.7. The predicted molar refractivity (Wildman–Crippen MR) is 87.1 cm³/mol. The minimum absolute atomic E-state index is 0. The van der Waals surface area contributed by atoms with Crippen LogP contribution in [0.1, 0.15) is 51.4 Å². The summed E-state index contributed by atoms with van der Waals surface area (Å²) >= 11 is 0. The molecule has 0 nitrogen and oxygen atoms in total. The van der Waals surface area contributed by atoms with Crippen LogP contribution in [0.15, 0.2) is 48.6 Å². The molecule has 146 valence electrons. The normalized spacial score (nSPS) is 25.4. The van der Waals surface area contributed by atoms with Gasteiger partial charge in [0.2, 0.25) is 0 Å². The summed E-state index contributed by atoms with van der Waals surface area (Å²) in [6.45, 7) is 0. The Bertz CT molecular complexity index is 343. The van der Waals surface area contributed by atoms with Crippen LogP contribution in [0.2, 0.25) is 0 Å². The van der Waals surface area contributed by atoms with Gasteiger partial charge in [0, 0.05) is 0 Å². The van der Waals surface area contributed by atoms with E-state index < -0.39 is 7.81 Å². The Morgan fingerprint density at radius 3 is 0.542 bits per heavy atom. The average Bonchev–Trinajstić information content (AvgIpc) is 2.22. The quantitative estimate of drug-likeness (QED) is 0.144. The molecule has 0 saturated heterocycles. The van der Waals surface area contributed by atoms with E-state index >= 15 is 0 Å². The summed E-state index contributed by atoms with van der Waals surface area (Å²) < 4.78 is 59.2. The standard InChI is InChI=1S/2C8H12.Ag.F6P/c2*1-2-4-6-8-7-5-3-1;;1-7(2,3,4,5)6/h2*1-2,7-8H,3-6H2;;/q;;+1;-1/b2*2-1-,8-7-;;. The molecule has 2 aliphatic rings. The van der Waals surface area contributed by atoms with Gasteiger partial charge in [-0.2, -0.15) is 0 Å². The Hall–Kier alpha value is -0.290. The molecular formula is C16H24AgF6P. The molecule has 0 radical (unpaired) electrons. The summed E-state index contributed by atoms with van der Waals surface area (Å²) in [6, 6.07) is 0. The van der Waals surface area contributed by atoms with Gasteiger partial charge in [-0.05, 0) is 51.4 Å². The molecule has 0 saturated carbocycles. The van der Waals surface area contributed by atoms with Crippen molar-refractivity contribution in [2.24, 2.45) is 0 Å². The van der Waals surface area contributed by atoms with Gasteiger partial charge in [-0.3, -0.25) is 0 Å². The van der Waals surface area contributed by atoms with Gasteiger partial charge in [0.25, 0.3) is 0 Å². The summed E-state index contributed by atoms with van der Waals surface area (Å²) in [5.74, 6) is 0. The third kappa shape index (κ3) is 37.7. The third-order valence-electron chi connectivity index (χ3n) is 2.67. The van der Waals surface area contributed by atoms with Crippen molar-refractivity contribution in [2.75, 3.05) is 0 Å². The van der Waals surface area contributed by atoms with Gasteiger partial charge >= 0.3 is 55.4 Å². The molecule has 0 aliphatic heterocycles. The number of hydrogen-bond donors (Lipinski definition) is 0. The molecule has 8 heteroatoms. The molecule has 0 aromatic heterocycles. The molecule has 0 amide bonds. The molecule has 0 heterocycles. The molecule has 0 aromatic carbocycles. The first-order valence-electron chi connectivity index (χ1n) is 7.61. The van der Waals surface area contributed by atoms with Crippen LogP contribution in [0, 0.1) is 0 Å². The van der Waals surface area contributed by atoms with Crippen LogP contribution in [-0.2, 0) is 22.4 Å². The van der Waals surface area contributed by atoms with Crippen LogP contribution >= 0.6 is 7.81 Å². The van der Waals surface area contributed by atoms with Crippen molar-refractivity contribution in [3.8, 4) is 0 Å². The van der Waals surface area contributed by atoms with Crippen molar-refractivity contribution < 1.29 is 47.6 Å². The fourth-order valence-electron chi connectivity index (χ4n) is 1.71. The summed E-state index contributed by atoms with van der Waals surface area (Å²) in [6.07, 6.45) is 28.0. The third-order valence-corrected chi connectivity index (χ3v) is 2.67. The van der Waals surface area contributed by atoms with Gasteiger partial charge < -0.3 is 0 Å². The molecule has 0 atom stereocenters. The second-order valence-electron chi connectivity index (χ2n) is 5.15. The van der Waals surface area contributed by atoms with E-state index in [1.54, 1.807) is 0 Å². The molecule has 0 aromatic rings. The molecule has 0 bridgehead atoms. The topological polar surface area (TPSA) is 0 Å². The molecule has 0 unspecified atom stereocenters. The van der Waals surface area contributed by atoms with Gasteiger partial charge in [-0.1, -0.05) is 48.6 Å². The van der Waals surface area contributed by atoms with Crippen LogP contribution in [0.5, 0.6) is 0 Å². The van der Waals surface area contributed by atoms with Crippen molar-refractivity contribution >= 4 is 7.81 Å². The average molecular weight is 469 g/mol. The minimum atomic E-state index is -10.7. The maximum Gasteiger partial charge on any atom is 1.00 e. The van der Waals surface area contributed by atoms with Gasteiger partial charge in [-0.15, -0.1) is 0 Å². The van der Waals surface area contributed by atoms with Crippen LogP contribution < -0.4 is 0 Å². The maximum absolute atomic E-state index is 10.7. The zero-order valence-electron chi connectivity index (χ0n) is 13.3. The first kappa shape index (κ1) is 25.9. The van der Waals surface area contributed by atoms with E-state index in [1.807, 2.05) is 0 Å². The Kier molecular flexibility index (Phi) is 12.3. The first-order valence-corrected chi connectivity index (χ1v) is 9.64. The number of allylic oxidation sites excluding steroid dienone is 8. The van der Waals surface area contributed by atoms with Crippen molar-refractivity contribution in [1.82, 2.24) is 0 Å². The van der Waals surface area contributed by atoms with E-state index in [2.05, 4.69) is 48.6 Å². The van der Waals surface area contributed by atoms with Crippen molar-refractivity contribution in [2.45, 2.75) is 51.4 Å². The fraction of sp³-hybridized carbons (Fsp3) is 0.500. The monoisotopic (exact) mass is 468 g/mol. The fourth-order valence-corrected chi connectivity index (χ4v) is 1.71. The Labute approximate surface area is 155 Å². The van der Waals surface area contributed by atoms with Gasteiger partial charge in [0.1, 0.15) is 0 Å². The van der Waals surface area contributed by atoms with Crippen molar-refractivity contribution in [3.63, 3.8) is 0 Å². The van der Waals surface area contributed by atoms with Crippen LogP contribution in [0.4, 0.5) is 25.2 Å². The molecule has 0 fully saturated rings. The van der Waals surface area contributed by atoms with Crippen molar-refractivity contribution in [3.05, 3.63) is 48.6 Å². The van der Waals surface area contributed by atoms with Crippen LogP contribution in [-0.4, -0.2) is 0 Å². The maximum atomic E-state index is 9.87. The number of hydrogen-bond acceptors (Lipinski definition) is 0. The number of halogens is 6. The SMILES string of the molecule is C1=C\CC/C=C\CC/1.C1=C\CC/C=C\CC/1.F[P-](F)(F)(F)(F)F.[Ag+]. The summed E-state index contributed by atoms with van der Waals surface area (Å²) in [5.41, 5.74) is 0. The zero-order chi connectivity index (χ0) is 17.7. The Morgan fingerprint density at radius 1 is 0.375 bits per heavy atom. The van der Waals surface area contributed by atoms with E-state index in [4.69, 9.17) is 0 Å². The van der Waals surface area contributed by atoms with E-state index in [-0.39, 0.29) is 22.4 Å². The van der Waals surface area contributed by atoms with Crippen molar-refractivity contribution in [1.29, 1.82) is 0 Å². The largest absolute Gasteiger partial charge is 1.00 e. The summed E-state index contributed by atoms with van der Waals surface area (Å²) in [4.78, 5) is 0.